The fraction of sp³-hybridized carbons (Fsp3) is 0.581. The first kappa shape index (κ1) is 29.4. The summed E-state index contributed by atoms with van der Waals surface area (Å²) in [6.45, 7) is 13.5. The van der Waals surface area contributed by atoms with Crippen molar-refractivity contribution in [2.75, 3.05) is 32.8 Å². The number of benzene rings is 1. The Kier molecular flexibility index (Phi) is 9.60. The fourth-order valence-corrected chi connectivity index (χ4v) is 9.11. The molecule has 2 bridgehead atoms. The summed E-state index contributed by atoms with van der Waals surface area (Å²) in [5.74, 6) is -1.39. The average Bonchev–Trinajstić information content (AvgIpc) is 3.59. The van der Waals surface area contributed by atoms with Crippen LogP contribution in [-0.2, 0) is 14.4 Å². The molecule has 3 aliphatic heterocycles. The number of carbonyl (C=O) groups is 3. The quantitative estimate of drug-likeness (QED) is 0.352. The highest BCUT2D eigenvalue weighted by molar-refractivity contribution is 8.02. The minimum absolute atomic E-state index is 0.000805. The summed E-state index contributed by atoms with van der Waals surface area (Å²) in [6, 6.07) is 8.01. The summed E-state index contributed by atoms with van der Waals surface area (Å²) >= 11 is 1.68. The van der Waals surface area contributed by atoms with Gasteiger partial charge in [0.05, 0.1) is 29.2 Å². The molecule has 4 rings (SSSR count). The molecule has 1 N–H and O–H groups in total. The first-order valence-electron chi connectivity index (χ1n) is 14.3. The molecule has 212 valence electrons. The number of hydrogen-bond acceptors (Lipinski definition) is 5. The van der Waals surface area contributed by atoms with Crippen molar-refractivity contribution in [1.29, 1.82) is 0 Å². The van der Waals surface area contributed by atoms with Gasteiger partial charge < -0.3 is 19.8 Å². The van der Waals surface area contributed by atoms with Crippen molar-refractivity contribution in [3.05, 3.63) is 61.2 Å². The van der Waals surface area contributed by atoms with Gasteiger partial charge in [-0.05, 0) is 31.2 Å². The van der Waals surface area contributed by atoms with Crippen molar-refractivity contribution in [2.24, 2.45) is 11.8 Å². The number of rotatable bonds is 14. The summed E-state index contributed by atoms with van der Waals surface area (Å²) in [4.78, 5) is 48.3. The Morgan fingerprint density at radius 2 is 1.77 bits per heavy atom. The van der Waals surface area contributed by atoms with Crippen molar-refractivity contribution in [3.63, 3.8) is 0 Å². The van der Waals surface area contributed by atoms with Crippen LogP contribution in [0.5, 0.6) is 0 Å². The zero-order valence-corrected chi connectivity index (χ0v) is 24.2. The number of fused-ring (bicyclic) bond motifs is 1. The van der Waals surface area contributed by atoms with E-state index in [1.807, 2.05) is 47.1 Å². The first-order chi connectivity index (χ1) is 18.9. The van der Waals surface area contributed by atoms with Gasteiger partial charge in [0, 0.05) is 31.4 Å². The van der Waals surface area contributed by atoms with E-state index in [4.69, 9.17) is 0 Å². The third-order valence-corrected chi connectivity index (χ3v) is 10.5. The first-order valence-corrected chi connectivity index (χ1v) is 15.2. The minimum atomic E-state index is -0.754. The van der Waals surface area contributed by atoms with Crippen molar-refractivity contribution >= 4 is 29.5 Å². The monoisotopic (exact) mass is 553 g/mol. The molecule has 0 saturated carbocycles. The highest BCUT2D eigenvalue weighted by atomic mass is 32.2. The lowest BCUT2D eigenvalue weighted by atomic mass is 9.70. The summed E-state index contributed by atoms with van der Waals surface area (Å²) in [7, 11) is 0. The lowest BCUT2D eigenvalue weighted by Gasteiger charge is -2.39. The molecule has 3 aliphatic rings. The molecule has 3 amide bonds. The maximum Gasteiger partial charge on any atom is 0.247 e. The van der Waals surface area contributed by atoms with Gasteiger partial charge in [-0.1, -0.05) is 62.8 Å². The number of hydrogen-bond donors (Lipinski definition) is 1. The van der Waals surface area contributed by atoms with Gasteiger partial charge in [-0.15, -0.1) is 24.9 Å². The number of carbonyl (C=O) groups excluding carboxylic acids is 3. The fourth-order valence-electron chi connectivity index (χ4n) is 6.91. The van der Waals surface area contributed by atoms with Gasteiger partial charge in [-0.25, -0.2) is 0 Å². The molecule has 1 aromatic rings. The van der Waals surface area contributed by atoms with Crippen molar-refractivity contribution in [3.8, 4) is 0 Å². The number of nitrogens with zero attached hydrogens (tertiary/aromatic N) is 3. The Balaban J connectivity index is 1.81. The summed E-state index contributed by atoms with van der Waals surface area (Å²) in [5.41, 5.74) is 0.785. The number of thioether (sulfide) groups is 1. The van der Waals surface area contributed by atoms with E-state index >= 15 is 0 Å². The molecule has 3 heterocycles. The van der Waals surface area contributed by atoms with Gasteiger partial charge in [-0.2, -0.15) is 0 Å². The van der Waals surface area contributed by atoms with Crippen LogP contribution in [0.15, 0.2) is 55.6 Å². The number of unbranched alkanes of at least 4 members (excludes halogenated alkanes) is 1. The topological polar surface area (TPSA) is 81.2 Å². The third-order valence-electron chi connectivity index (χ3n) is 8.55. The van der Waals surface area contributed by atoms with Gasteiger partial charge >= 0.3 is 0 Å². The SMILES string of the molecule is C=CCN(CCCC)C(=O)C1N([C@H](CO)c2ccccc2)C(=O)[C@@H]2[C@@H](C(=O)N(CC=C)CCC)[C@H]3CCC12S3. The second-order valence-corrected chi connectivity index (χ2v) is 12.5. The number of aliphatic hydroxyl groups is 1. The van der Waals surface area contributed by atoms with Crippen LogP contribution in [-0.4, -0.2) is 86.4 Å². The van der Waals surface area contributed by atoms with Crippen LogP contribution < -0.4 is 0 Å². The smallest absolute Gasteiger partial charge is 0.247 e. The van der Waals surface area contributed by atoms with Gasteiger partial charge in [-0.3, -0.25) is 14.4 Å². The standard InChI is InChI=1S/C31H43N3O4S/c1-5-9-20-33(19-8-4)30(38)27-31-16-15-24(39-31)25(28(36)32(17-6-2)18-7-3)26(31)29(37)34(27)23(21-35)22-13-11-10-12-14-22/h6,8,10-14,23-27,35H,2,4-5,7,9,15-21H2,1,3H3/t23-,24-,25+,26+,27?,31?/m1/s1. The molecular weight excluding hydrogens is 510 g/mol. The molecule has 8 heteroatoms. The summed E-state index contributed by atoms with van der Waals surface area (Å²) < 4.78 is -0.695. The zero-order valence-electron chi connectivity index (χ0n) is 23.3. The van der Waals surface area contributed by atoms with E-state index in [1.54, 1.807) is 28.8 Å². The van der Waals surface area contributed by atoms with Gasteiger partial charge in [0.15, 0.2) is 0 Å². The van der Waals surface area contributed by atoms with E-state index in [9.17, 15) is 19.5 Å². The highest BCUT2D eigenvalue weighted by Gasteiger charge is 2.74. The highest BCUT2D eigenvalue weighted by Crippen LogP contribution is 2.67. The van der Waals surface area contributed by atoms with Crippen molar-refractivity contribution < 1.29 is 19.5 Å². The Hall–Kier alpha value is -2.58. The Bertz CT molecular complexity index is 1070. The lowest BCUT2D eigenvalue weighted by molar-refractivity contribution is -0.147. The van der Waals surface area contributed by atoms with Crippen LogP contribution >= 0.6 is 11.8 Å². The molecule has 0 aromatic heterocycles. The zero-order chi connectivity index (χ0) is 28.2. The molecule has 1 aromatic carbocycles. The molecule has 6 atom stereocenters. The number of likely N-dealkylation sites (tertiary alicyclic amines) is 1. The Morgan fingerprint density at radius 1 is 1.10 bits per heavy atom. The normalized spacial score (nSPS) is 27.8. The van der Waals surface area contributed by atoms with Crippen LogP contribution in [0.3, 0.4) is 0 Å². The van der Waals surface area contributed by atoms with Crippen LogP contribution in [0, 0.1) is 11.8 Å². The predicted octanol–water partition coefficient (Wildman–Crippen LogP) is 4.05. The average molecular weight is 554 g/mol. The van der Waals surface area contributed by atoms with Crippen LogP contribution in [0.2, 0.25) is 0 Å². The third kappa shape index (κ3) is 5.18. The molecule has 2 unspecified atom stereocenters. The van der Waals surface area contributed by atoms with Gasteiger partial charge in [0.2, 0.25) is 17.7 Å². The van der Waals surface area contributed by atoms with Crippen molar-refractivity contribution in [2.45, 2.75) is 68.0 Å². The van der Waals surface area contributed by atoms with E-state index < -0.39 is 28.7 Å². The lowest BCUT2D eigenvalue weighted by Crippen LogP contribution is -2.56. The molecule has 3 saturated heterocycles. The predicted molar refractivity (Wildman–Crippen MR) is 156 cm³/mol. The second kappa shape index (κ2) is 12.7. The van der Waals surface area contributed by atoms with E-state index in [2.05, 4.69) is 20.1 Å². The summed E-state index contributed by atoms with van der Waals surface area (Å²) in [5, 5.41) is 10.6. The van der Waals surface area contributed by atoms with E-state index in [-0.39, 0.29) is 29.6 Å². The van der Waals surface area contributed by atoms with E-state index in [1.165, 1.54) is 0 Å². The largest absolute Gasteiger partial charge is 0.394 e. The second-order valence-electron chi connectivity index (χ2n) is 10.9. The molecule has 0 radical (unpaired) electrons. The Morgan fingerprint density at radius 3 is 2.36 bits per heavy atom. The van der Waals surface area contributed by atoms with E-state index in [0.29, 0.717) is 32.6 Å². The van der Waals surface area contributed by atoms with Crippen molar-refractivity contribution in [1.82, 2.24) is 14.7 Å². The van der Waals surface area contributed by atoms with Crippen LogP contribution in [0.1, 0.15) is 57.6 Å². The van der Waals surface area contributed by atoms with Gasteiger partial charge in [0.1, 0.15) is 6.04 Å². The Labute approximate surface area is 237 Å². The van der Waals surface area contributed by atoms with Gasteiger partial charge in [0.25, 0.3) is 0 Å². The molecule has 1 spiro atoms. The van der Waals surface area contributed by atoms with Crippen LogP contribution in [0.4, 0.5) is 0 Å². The number of amides is 3. The number of aliphatic hydroxyl groups excluding tert-OH is 1. The maximum absolute atomic E-state index is 14.5. The maximum atomic E-state index is 14.5. The van der Waals surface area contributed by atoms with E-state index in [0.717, 1.165) is 31.2 Å². The molecule has 0 aliphatic carbocycles. The molecule has 39 heavy (non-hydrogen) atoms. The molecular formula is C31H43N3O4S. The molecule has 3 fully saturated rings. The molecule has 7 nitrogen and oxygen atoms in total. The minimum Gasteiger partial charge on any atom is -0.394 e. The summed E-state index contributed by atoms with van der Waals surface area (Å²) in [6.07, 6.45) is 7.56. The van der Waals surface area contributed by atoms with Crippen LogP contribution in [0.25, 0.3) is 0 Å².